The van der Waals surface area contributed by atoms with Gasteiger partial charge in [-0.05, 0) is 24.5 Å². The number of pyridine rings is 1. The molecule has 20 heavy (non-hydrogen) atoms. The number of aromatic nitrogens is 1. The van der Waals surface area contributed by atoms with E-state index in [0.717, 1.165) is 11.2 Å². The molecule has 0 amide bonds. The number of rotatable bonds is 3. The molecule has 0 saturated heterocycles. The molecule has 108 valence electrons. The molecule has 1 atom stereocenters. The Morgan fingerprint density at radius 1 is 1.25 bits per heavy atom. The summed E-state index contributed by atoms with van der Waals surface area (Å²) < 4.78 is 0. The summed E-state index contributed by atoms with van der Waals surface area (Å²) >= 11 is 5.99. The quantitative estimate of drug-likeness (QED) is 0.752. The van der Waals surface area contributed by atoms with Crippen molar-refractivity contribution in [3.05, 3.63) is 36.0 Å². The molecule has 2 nitrogen and oxygen atoms in total. The molecule has 0 aliphatic rings. The monoisotopic (exact) mass is 290 g/mol. The summed E-state index contributed by atoms with van der Waals surface area (Å²) in [5.41, 5.74) is 3.34. The second-order valence-corrected chi connectivity index (χ2v) is 6.70. The molecule has 0 aliphatic carbocycles. The summed E-state index contributed by atoms with van der Waals surface area (Å²) in [5.74, 6) is 0.440. The van der Waals surface area contributed by atoms with Crippen molar-refractivity contribution in [2.45, 2.75) is 39.6 Å². The first-order valence-corrected chi connectivity index (χ1v) is 7.55. The second-order valence-electron chi connectivity index (χ2n) is 6.44. The highest BCUT2D eigenvalue weighted by Gasteiger charge is 2.25. The predicted molar refractivity (Wildman–Crippen MR) is 88.6 cm³/mol. The van der Waals surface area contributed by atoms with Gasteiger partial charge < -0.3 is 4.90 Å². The molecule has 2 aromatic rings. The number of anilines is 1. The molecule has 1 aromatic carbocycles. The molecule has 0 spiro atoms. The van der Waals surface area contributed by atoms with Crippen molar-refractivity contribution in [1.82, 2.24) is 4.98 Å². The number of hydrogen-bond acceptors (Lipinski definition) is 2. The van der Waals surface area contributed by atoms with Crippen LogP contribution in [0.5, 0.6) is 0 Å². The van der Waals surface area contributed by atoms with E-state index in [1.807, 2.05) is 12.1 Å². The van der Waals surface area contributed by atoms with Crippen LogP contribution in [0, 0.1) is 5.41 Å². The van der Waals surface area contributed by atoms with Gasteiger partial charge in [-0.3, -0.25) is 4.98 Å². The van der Waals surface area contributed by atoms with Gasteiger partial charge >= 0.3 is 0 Å². The Balaban J connectivity index is 2.57. The van der Waals surface area contributed by atoms with Crippen molar-refractivity contribution in [3.63, 3.8) is 0 Å². The minimum absolute atomic E-state index is 0.209. The maximum atomic E-state index is 5.99. The minimum atomic E-state index is 0.209. The Morgan fingerprint density at radius 3 is 2.50 bits per heavy atom. The number of nitrogens with zero attached hydrogens (tertiary/aromatic N) is 2. The summed E-state index contributed by atoms with van der Waals surface area (Å²) in [6, 6.07) is 10.8. The molecule has 1 aromatic heterocycles. The van der Waals surface area contributed by atoms with Crippen molar-refractivity contribution in [3.8, 4) is 0 Å². The van der Waals surface area contributed by atoms with E-state index in [4.69, 9.17) is 11.6 Å². The summed E-state index contributed by atoms with van der Waals surface area (Å²) in [6.45, 7) is 9.05. The van der Waals surface area contributed by atoms with E-state index >= 15 is 0 Å². The first kappa shape index (κ1) is 15.1. The number of hydrogen-bond donors (Lipinski definition) is 0. The van der Waals surface area contributed by atoms with Crippen molar-refractivity contribution < 1.29 is 0 Å². The van der Waals surface area contributed by atoms with Crippen LogP contribution in [-0.2, 0) is 5.88 Å². The van der Waals surface area contributed by atoms with E-state index in [-0.39, 0.29) is 5.41 Å². The van der Waals surface area contributed by atoms with Crippen LogP contribution in [0.2, 0.25) is 0 Å². The van der Waals surface area contributed by atoms with Gasteiger partial charge in [0.05, 0.1) is 17.1 Å². The lowest BCUT2D eigenvalue weighted by Gasteiger charge is -2.37. The van der Waals surface area contributed by atoms with Crippen LogP contribution in [-0.4, -0.2) is 18.1 Å². The Morgan fingerprint density at radius 2 is 1.90 bits per heavy atom. The van der Waals surface area contributed by atoms with Crippen LogP contribution in [0.25, 0.3) is 10.9 Å². The van der Waals surface area contributed by atoms with Gasteiger partial charge in [0.1, 0.15) is 0 Å². The Labute approximate surface area is 126 Å². The Kier molecular flexibility index (Phi) is 4.24. The third-order valence-electron chi connectivity index (χ3n) is 4.10. The molecule has 3 heteroatoms. The molecule has 2 rings (SSSR count). The molecule has 1 unspecified atom stereocenters. The predicted octanol–water partition coefficient (Wildman–Crippen LogP) is 4.84. The van der Waals surface area contributed by atoms with Gasteiger partial charge in [0, 0.05) is 24.2 Å². The zero-order chi connectivity index (χ0) is 14.9. The maximum absolute atomic E-state index is 5.99. The van der Waals surface area contributed by atoms with E-state index in [2.05, 4.69) is 62.8 Å². The van der Waals surface area contributed by atoms with Gasteiger partial charge in [-0.1, -0.05) is 39.0 Å². The molecular weight excluding hydrogens is 268 g/mol. The van der Waals surface area contributed by atoms with Crippen molar-refractivity contribution in [1.29, 1.82) is 0 Å². The highest BCUT2D eigenvalue weighted by Crippen LogP contribution is 2.32. The fraction of sp³-hybridized carbons (Fsp3) is 0.471. The number of halogens is 1. The normalized spacial score (nSPS) is 13.5. The first-order valence-electron chi connectivity index (χ1n) is 7.02. The highest BCUT2D eigenvalue weighted by molar-refractivity contribution is 6.17. The lowest BCUT2D eigenvalue weighted by atomic mass is 9.86. The topological polar surface area (TPSA) is 16.1 Å². The van der Waals surface area contributed by atoms with Gasteiger partial charge in [-0.15, -0.1) is 11.6 Å². The molecule has 0 bridgehead atoms. The summed E-state index contributed by atoms with van der Waals surface area (Å²) in [6.07, 6.45) is 0. The third-order valence-corrected chi connectivity index (χ3v) is 4.37. The van der Waals surface area contributed by atoms with E-state index < -0.39 is 0 Å². The van der Waals surface area contributed by atoms with Gasteiger partial charge in [0.25, 0.3) is 0 Å². The molecule has 1 heterocycles. The van der Waals surface area contributed by atoms with Crippen LogP contribution in [0.3, 0.4) is 0 Å². The van der Waals surface area contributed by atoms with Crippen LogP contribution in [0.1, 0.15) is 33.4 Å². The Bertz CT molecular complexity index is 601. The Hall–Kier alpha value is -1.28. The average molecular weight is 291 g/mol. The minimum Gasteiger partial charge on any atom is -0.371 e. The van der Waals surface area contributed by atoms with E-state index in [9.17, 15) is 0 Å². The molecule has 0 fully saturated rings. The SMILES string of the molecule is CC(N(C)c1cc(CCl)nc2ccccc12)C(C)(C)C. The second kappa shape index (κ2) is 5.61. The summed E-state index contributed by atoms with van der Waals surface area (Å²) in [7, 11) is 2.15. The maximum Gasteiger partial charge on any atom is 0.0726 e. The fourth-order valence-electron chi connectivity index (χ4n) is 2.36. The van der Waals surface area contributed by atoms with E-state index in [1.54, 1.807) is 0 Å². The third kappa shape index (κ3) is 2.90. The average Bonchev–Trinajstić information content (AvgIpc) is 2.43. The molecule has 0 aliphatic heterocycles. The van der Waals surface area contributed by atoms with Gasteiger partial charge in [0.15, 0.2) is 0 Å². The molecular formula is C17H23ClN2. The number of alkyl halides is 1. The lowest BCUT2D eigenvalue weighted by Crippen LogP contribution is -2.39. The van der Waals surface area contributed by atoms with Crippen LogP contribution < -0.4 is 4.90 Å². The number of para-hydroxylation sites is 1. The zero-order valence-electron chi connectivity index (χ0n) is 12.9. The number of fused-ring (bicyclic) bond motifs is 1. The van der Waals surface area contributed by atoms with Crippen LogP contribution >= 0.6 is 11.6 Å². The number of benzene rings is 1. The first-order chi connectivity index (χ1) is 9.34. The van der Waals surface area contributed by atoms with Crippen LogP contribution in [0.4, 0.5) is 5.69 Å². The zero-order valence-corrected chi connectivity index (χ0v) is 13.7. The summed E-state index contributed by atoms with van der Waals surface area (Å²) in [5, 5.41) is 1.18. The summed E-state index contributed by atoms with van der Waals surface area (Å²) in [4.78, 5) is 6.93. The van der Waals surface area contributed by atoms with Crippen molar-refractivity contribution >= 4 is 28.2 Å². The largest absolute Gasteiger partial charge is 0.371 e. The smallest absolute Gasteiger partial charge is 0.0726 e. The highest BCUT2D eigenvalue weighted by atomic mass is 35.5. The molecule has 0 saturated carbocycles. The van der Waals surface area contributed by atoms with Gasteiger partial charge in [-0.2, -0.15) is 0 Å². The van der Waals surface area contributed by atoms with Crippen LogP contribution in [0.15, 0.2) is 30.3 Å². The molecule has 0 radical (unpaired) electrons. The van der Waals surface area contributed by atoms with Crippen molar-refractivity contribution in [2.75, 3.05) is 11.9 Å². The fourth-order valence-corrected chi connectivity index (χ4v) is 2.50. The van der Waals surface area contributed by atoms with Gasteiger partial charge in [-0.25, -0.2) is 0 Å². The lowest BCUT2D eigenvalue weighted by molar-refractivity contribution is 0.330. The van der Waals surface area contributed by atoms with E-state index in [1.165, 1.54) is 11.1 Å². The van der Waals surface area contributed by atoms with E-state index in [0.29, 0.717) is 11.9 Å². The molecule has 0 N–H and O–H groups in total. The van der Waals surface area contributed by atoms with Gasteiger partial charge in [0.2, 0.25) is 0 Å². The van der Waals surface area contributed by atoms with Crippen molar-refractivity contribution in [2.24, 2.45) is 5.41 Å². The standard InChI is InChI=1S/C17H23ClN2/c1-12(17(2,3)4)20(5)16-10-13(11-18)19-15-9-7-6-8-14(15)16/h6-10,12H,11H2,1-5H3.